The minimum atomic E-state index is -0.203. The predicted molar refractivity (Wildman–Crippen MR) is 108 cm³/mol. The van der Waals surface area contributed by atoms with Crippen LogP contribution in [0.3, 0.4) is 0 Å². The van der Waals surface area contributed by atoms with E-state index in [-0.39, 0.29) is 41.4 Å². The van der Waals surface area contributed by atoms with E-state index >= 15 is 0 Å². The number of imide groups is 1. The Balaban J connectivity index is 1.30. The molecule has 5 nitrogen and oxygen atoms in total. The second-order valence-corrected chi connectivity index (χ2v) is 9.42. The highest BCUT2D eigenvalue weighted by Crippen LogP contribution is 2.65. The van der Waals surface area contributed by atoms with E-state index in [1.54, 1.807) is 24.3 Å². The average molecular weight is 390 g/mol. The number of likely N-dealkylation sites (tertiary alicyclic amines) is 1. The van der Waals surface area contributed by atoms with Crippen molar-refractivity contribution in [1.82, 2.24) is 4.90 Å². The second-order valence-electron chi connectivity index (χ2n) is 9.42. The van der Waals surface area contributed by atoms with Gasteiger partial charge in [0.25, 0.3) is 5.91 Å². The van der Waals surface area contributed by atoms with E-state index < -0.39 is 0 Å². The molecule has 3 amide bonds. The van der Waals surface area contributed by atoms with Gasteiger partial charge in [-0.3, -0.25) is 14.4 Å². The van der Waals surface area contributed by atoms with Gasteiger partial charge in [-0.15, -0.1) is 0 Å². The maximum Gasteiger partial charge on any atom is 0.253 e. The monoisotopic (exact) mass is 390 g/mol. The molecule has 7 rings (SSSR count). The first kappa shape index (κ1) is 17.4. The molecule has 1 aromatic carbocycles. The lowest BCUT2D eigenvalue weighted by Gasteiger charge is -2.37. The predicted octanol–water partition coefficient (Wildman–Crippen LogP) is 3.26. The van der Waals surface area contributed by atoms with E-state index in [2.05, 4.69) is 12.2 Å². The Kier molecular flexibility index (Phi) is 3.78. The number of carbonyl (C=O) groups is 3. The molecule has 1 aromatic rings. The Morgan fingerprint density at radius 2 is 1.48 bits per heavy atom. The van der Waals surface area contributed by atoms with Gasteiger partial charge in [0.05, 0.1) is 17.5 Å². The Hall–Kier alpha value is -2.43. The van der Waals surface area contributed by atoms with Gasteiger partial charge in [-0.2, -0.15) is 0 Å². The van der Waals surface area contributed by atoms with E-state index in [0.29, 0.717) is 23.1 Å². The molecule has 0 N–H and O–H groups in total. The smallest absolute Gasteiger partial charge is 0.253 e. The molecule has 2 aliphatic heterocycles. The zero-order valence-corrected chi connectivity index (χ0v) is 16.5. The SMILES string of the molecule is O=C(c1cccc(N2C(=O)[C@@H]3[C@@H]4C=C[C@H]([C@H]5C[C@H]45)[C@@H]3C2=O)c1)N1CCCCCC1. The number of nitrogens with zero attached hydrogens (tertiary/aromatic N) is 2. The van der Waals surface area contributed by atoms with Crippen LogP contribution in [0.1, 0.15) is 42.5 Å². The highest BCUT2D eigenvalue weighted by Gasteiger charge is 2.67. The molecule has 2 saturated heterocycles. The van der Waals surface area contributed by atoms with Crippen molar-refractivity contribution in [1.29, 1.82) is 0 Å². The summed E-state index contributed by atoms with van der Waals surface area (Å²) in [5, 5.41) is 0. The number of amides is 3. The number of anilines is 1. The molecule has 4 aliphatic carbocycles. The topological polar surface area (TPSA) is 57.7 Å². The summed E-state index contributed by atoms with van der Waals surface area (Å²) in [7, 11) is 0. The minimum absolute atomic E-state index is 0.00763. The molecule has 0 spiro atoms. The summed E-state index contributed by atoms with van der Waals surface area (Å²) < 4.78 is 0. The molecule has 2 saturated carbocycles. The molecule has 4 fully saturated rings. The fraction of sp³-hybridized carbons (Fsp3) is 0.542. The summed E-state index contributed by atoms with van der Waals surface area (Å²) in [6.45, 7) is 1.57. The lowest BCUT2D eigenvalue weighted by Crippen LogP contribution is -2.40. The Labute approximate surface area is 170 Å². The molecule has 0 radical (unpaired) electrons. The summed E-state index contributed by atoms with van der Waals surface area (Å²) in [6.07, 6.45) is 9.95. The quantitative estimate of drug-likeness (QED) is 0.575. The summed E-state index contributed by atoms with van der Waals surface area (Å²) in [5.41, 5.74) is 1.13. The number of hydrogen-bond acceptors (Lipinski definition) is 3. The van der Waals surface area contributed by atoms with Gasteiger partial charge >= 0.3 is 0 Å². The molecule has 2 bridgehead atoms. The van der Waals surface area contributed by atoms with Crippen LogP contribution in [0, 0.1) is 35.5 Å². The lowest BCUT2D eigenvalue weighted by atomic mass is 9.63. The summed E-state index contributed by atoms with van der Waals surface area (Å²) in [6, 6.07) is 7.14. The number of carbonyl (C=O) groups excluding carboxylic acids is 3. The van der Waals surface area contributed by atoms with E-state index in [1.165, 1.54) is 17.7 Å². The molecular weight excluding hydrogens is 364 g/mol. The van der Waals surface area contributed by atoms with Crippen LogP contribution in [0.5, 0.6) is 0 Å². The van der Waals surface area contributed by atoms with Crippen LogP contribution in [-0.4, -0.2) is 35.7 Å². The molecule has 150 valence electrons. The van der Waals surface area contributed by atoms with E-state index in [0.717, 1.165) is 32.4 Å². The van der Waals surface area contributed by atoms with Crippen LogP contribution in [0.4, 0.5) is 5.69 Å². The first-order valence-corrected chi connectivity index (χ1v) is 11.1. The number of allylic oxidation sites excluding steroid dienone is 2. The second kappa shape index (κ2) is 6.28. The van der Waals surface area contributed by atoms with Gasteiger partial charge in [0.2, 0.25) is 11.8 Å². The first-order chi connectivity index (χ1) is 14.1. The van der Waals surface area contributed by atoms with Crippen LogP contribution in [-0.2, 0) is 9.59 Å². The Morgan fingerprint density at radius 3 is 2.10 bits per heavy atom. The van der Waals surface area contributed by atoms with E-state index in [9.17, 15) is 14.4 Å². The highest BCUT2D eigenvalue weighted by molar-refractivity contribution is 6.23. The van der Waals surface area contributed by atoms with Crippen molar-refractivity contribution in [3.05, 3.63) is 42.0 Å². The summed E-state index contributed by atoms with van der Waals surface area (Å²) in [5.74, 6) is 1.10. The van der Waals surface area contributed by atoms with Crippen molar-refractivity contribution in [2.24, 2.45) is 35.5 Å². The molecule has 5 heteroatoms. The van der Waals surface area contributed by atoms with Crippen molar-refractivity contribution in [3.63, 3.8) is 0 Å². The number of benzene rings is 1. The van der Waals surface area contributed by atoms with Gasteiger partial charge in [-0.1, -0.05) is 31.1 Å². The summed E-state index contributed by atoms with van der Waals surface area (Å²) >= 11 is 0. The Bertz CT molecular complexity index is 894. The van der Waals surface area contributed by atoms with Crippen molar-refractivity contribution in [2.45, 2.75) is 32.1 Å². The van der Waals surface area contributed by atoms with Crippen molar-refractivity contribution < 1.29 is 14.4 Å². The third kappa shape index (κ3) is 2.49. The zero-order chi connectivity index (χ0) is 19.7. The minimum Gasteiger partial charge on any atom is -0.339 e. The third-order valence-electron chi connectivity index (χ3n) is 7.91. The van der Waals surface area contributed by atoms with Crippen LogP contribution in [0.25, 0.3) is 0 Å². The van der Waals surface area contributed by atoms with E-state index in [4.69, 9.17) is 0 Å². The van der Waals surface area contributed by atoms with E-state index in [1.807, 2.05) is 4.90 Å². The average Bonchev–Trinajstić information content (AvgIpc) is 3.55. The van der Waals surface area contributed by atoms with Gasteiger partial charge in [-0.25, -0.2) is 4.90 Å². The first-order valence-electron chi connectivity index (χ1n) is 11.1. The van der Waals surface area contributed by atoms with Crippen LogP contribution in [0.2, 0.25) is 0 Å². The van der Waals surface area contributed by atoms with Crippen LogP contribution in [0.15, 0.2) is 36.4 Å². The van der Waals surface area contributed by atoms with Gasteiger partial charge in [0, 0.05) is 18.7 Å². The highest BCUT2D eigenvalue weighted by atomic mass is 16.2. The Morgan fingerprint density at radius 1 is 0.862 bits per heavy atom. The van der Waals surface area contributed by atoms with Crippen molar-refractivity contribution in [2.75, 3.05) is 18.0 Å². The van der Waals surface area contributed by atoms with Gasteiger partial charge in [0.1, 0.15) is 0 Å². The number of rotatable bonds is 2. The molecule has 0 aromatic heterocycles. The molecular formula is C24H26N2O3. The summed E-state index contributed by atoms with van der Waals surface area (Å²) in [4.78, 5) is 42.9. The fourth-order valence-electron chi connectivity index (χ4n) is 6.45. The maximum absolute atomic E-state index is 13.3. The van der Waals surface area contributed by atoms with Crippen molar-refractivity contribution >= 4 is 23.4 Å². The maximum atomic E-state index is 13.3. The van der Waals surface area contributed by atoms with Gasteiger partial charge in [0.15, 0.2) is 0 Å². The van der Waals surface area contributed by atoms with Gasteiger partial charge < -0.3 is 4.90 Å². The van der Waals surface area contributed by atoms with Crippen LogP contribution >= 0.6 is 0 Å². The molecule has 29 heavy (non-hydrogen) atoms. The third-order valence-corrected chi connectivity index (χ3v) is 7.91. The number of hydrogen-bond donors (Lipinski definition) is 0. The zero-order valence-electron chi connectivity index (χ0n) is 16.5. The van der Waals surface area contributed by atoms with Crippen LogP contribution < -0.4 is 4.90 Å². The molecule has 0 unspecified atom stereocenters. The standard InChI is InChI=1S/C24H26N2O3/c27-22(25-10-3-1-2-4-11-25)14-6-5-7-15(12-14)26-23(28)20-16-8-9-17(19-13-18(16)19)21(20)24(26)29/h5-9,12,16-21H,1-4,10-11,13H2/t16-,17-,18-,19-,20-,21+/m1/s1. The molecule has 2 heterocycles. The van der Waals surface area contributed by atoms with Crippen molar-refractivity contribution in [3.8, 4) is 0 Å². The normalized spacial score (nSPS) is 37.4. The fourth-order valence-corrected chi connectivity index (χ4v) is 6.45. The molecule has 6 atom stereocenters. The largest absolute Gasteiger partial charge is 0.339 e. The lowest BCUT2D eigenvalue weighted by molar-refractivity contribution is -0.124. The molecule has 6 aliphatic rings. The van der Waals surface area contributed by atoms with Gasteiger partial charge in [-0.05, 0) is 61.1 Å².